The lowest BCUT2D eigenvalue weighted by molar-refractivity contribution is -0.390. The topological polar surface area (TPSA) is 525 Å². The number of ether oxygens (including phenoxy) is 7. The lowest BCUT2D eigenvalue weighted by atomic mass is 9.17. The van der Waals surface area contributed by atoms with Gasteiger partial charge in [0.2, 0.25) is 59.3 Å². The number of phenolic OH excluding ortho intramolecular Hbond substituents is 1. The molecule has 6 aliphatic heterocycles. The average molecular weight is 1580 g/mol. The van der Waals surface area contributed by atoms with Crippen molar-refractivity contribution in [2.24, 2.45) is 52.2 Å². The van der Waals surface area contributed by atoms with Crippen molar-refractivity contribution in [3.8, 4) is 34.5 Å². The second kappa shape index (κ2) is 31.7. The van der Waals surface area contributed by atoms with E-state index in [1.807, 2.05) is 13.8 Å². The number of nitrogens with one attached hydrogen (secondary N) is 7. The van der Waals surface area contributed by atoms with E-state index in [1.54, 1.807) is 0 Å². The first kappa shape index (κ1) is 80.3. The van der Waals surface area contributed by atoms with E-state index in [1.165, 1.54) is 76.5 Å². The Morgan fingerprint density at radius 2 is 1.40 bits per heavy atom. The molecule has 35 heteroatoms. The zero-order valence-corrected chi connectivity index (χ0v) is 62.8. The average Bonchev–Trinajstić information content (AvgIpc) is 0.621. The maximum atomic E-state index is 16.1. The quantitative estimate of drug-likeness (QED) is 0.0739. The lowest BCUT2D eigenvalue weighted by Crippen LogP contribution is -2.88. The number of hydrogen-bond donors (Lipinski definition) is 18. The minimum atomic E-state index is -2.28. The van der Waals surface area contributed by atoms with Gasteiger partial charge in [0.15, 0.2) is 23.9 Å². The Balaban J connectivity index is 0.995. The molecule has 22 atom stereocenters. The molecule has 0 aromatic heterocycles. The minimum absolute atomic E-state index is 0.00604. The highest BCUT2D eigenvalue weighted by molar-refractivity contribution is 6.32. The van der Waals surface area contributed by atoms with Gasteiger partial charge in [0.05, 0.1) is 67.1 Å². The summed E-state index contributed by atoms with van der Waals surface area (Å²) in [4.78, 5) is 118. The van der Waals surface area contributed by atoms with Gasteiger partial charge in [-0.3, -0.25) is 38.4 Å². The number of halogens is 2. The molecule has 598 valence electrons. The normalized spacial score (nSPS) is 34.6. The van der Waals surface area contributed by atoms with Crippen molar-refractivity contribution in [1.82, 2.24) is 37.2 Å². The molecule has 9 bridgehead atoms. The number of primary amides is 2. The van der Waals surface area contributed by atoms with Crippen molar-refractivity contribution in [3.05, 3.63) is 122 Å². The van der Waals surface area contributed by atoms with Crippen LogP contribution in [0.4, 0.5) is 0 Å². The first-order valence-corrected chi connectivity index (χ1v) is 37.5. The summed E-state index contributed by atoms with van der Waals surface area (Å²) in [5, 5.41) is 112. The van der Waals surface area contributed by atoms with Gasteiger partial charge in [0, 0.05) is 35.6 Å². The Hall–Kier alpha value is -8.78. The van der Waals surface area contributed by atoms with Crippen LogP contribution < -0.4 is 68.6 Å². The van der Waals surface area contributed by atoms with E-state index >= 15 is 14.4 Å². The van der Waals surface area contributed by atoms with Crippen LogP contribution in [0.25, 0.3) is 5.57 Å². The maximum Gasteiger partial charge on any atom is 0.248 e. The highest BCUT2D eigenvalue weighted by atomic mass is 35.5. The van der Waals surface area contributed by atoms with Gasteiger partial charge >= 0.3 is 0 Å². The van der Waals surface area contributed by atoms with E-state index < -0.39 is 205 Å². The second-order valence-electron chi connectivity index (χ2n) is 30.9. The predicted octanol–water partition coefficient (Wildman–Crippen LogP) is 0.857. The van der Waals surface area contributed by atoms with Crippen LogP contribution in [-0.4, -0.2) is 200 Å². The maximum absolute atomic E-state index is 16.1. The smallest absolute Gasteiger partial charge is 0.248 e. The van der Waals surface area contributed by atoms with Crippen LogP contribution in [0.3, 0.4) is 0 Å². The van der Waals surface area contributed by atoms with Crippen LogP contribution in [-0.2, 0) is 57.3 Å². The summed E-state index contributed by atoms with van der Waals surface area (Å²) in [6.07, 6.45) is -16.0. The first-order valence-electron chi connectivity index (χ1n) is 36.7. The summed E-state index contributed by atoms with van der Waals surface area (Å²) in [6, 6.07) is 1.73. The lowest BCUT2D eigenvalue weighted by Gasteiger charge is -2.88. The number of aliphatic hydroxyl groups is 7. The number of phenols is 1. The number of methoxy groups -OCH3 is 1. The number of nitrogens with two attached hydrogens (primary N) is 3. The van der Waals surface area contributed by atoms with Gasteiger partial charge in [-0.15, -0.1) is 0 Å². The molecule has 6 heterocycles. The Morgan fingerprint density at radius 3 is 1.99 bits per heavy atom. The molecule has 6 fully saturated rings. The summed E-state index contributed by atoms with van der Waals surface area (Å²) in [5.41, 5.74) is 16.3. The molecule has 11 aliphatic rings. The van der Waals surface area contributed by atoms with Crippen molar-refractivity contribution in [2.45, 2.75) is 194 Å². The van der Waals surface area contributed by atoms with Crippen molar-refractivity contribution in [3.63, 3.8) is 0 Å². The van der Waals surface area contributed by atoms with Crippen LogP contribution in [0.2, 0.25) is 10.0 Å². The zero-order valence-electron chi connectivity index (χ0n) is 61.3. The molecule has 22 unspecified atom stereocenters. The van der Waals surface area contributed by atoms with Crippen molar-refractivity contribution in [2.75, 3.05) is 20.8 Å². The van der Waals surface area contributed by atoms with Gasteiger partial charge < -0.3 is 128 Å². The molecule has 4 saturated carbocycles. The van der Waals surface area contributed by atoms with Gasteiger partial charge in [-0.1, -0.05) is 55.2 Å². The van der Waals surface area contributed by atoms with Crippen molar-refractivity contribution >= 4 is 76.0 Å². The molecule has 21 N–H and O–H groups in total. The molecule has 1 spiro atoms. The van der Waals surface area contributed by atoms with Gasteiger partial charge in [-0.25, -0.2) is 0 Å². The summed E-state index contributed by atoms with van der Waals surface area (Å²) in [7, 11) is 2.76. The number of rotatable bonds is 16. The predicted molar refractivity (Wildman–Crippen MR) is 391 cm³/mol. The molecular formula is C76H92Cl2N10O23. The third-order valence-corrected chi connectivity index (χ3v) is 23.9. The highest BCUT2D eigenvalue weighted by Crippen LogP contribution is 2.87. The van der Waals surface area contributed by atoms with Gasteiger partial charge in [-0.05, 0) is 164 Å². The summed E-state index contributed by atoms with van der Waals surface area (Å²) < 4.78 is 44.7. The third kappa shape index (κ3) is 15.3. The molecule has 4 aromatic rings. The number of aliphatic hydroxyl groups excluding tert-OH is 7. The van der Waals surface area contributed by atoms with Gasteiger partial charge in [-0.2, -0.15) is 0 Å². The van der Waals surface area contributed by atoms with E-state index in [-0.39, 0.29) is 109 Å². The number of amides is 8. The second-order valence-corrected chi connectivity index (χ2v) is 31.8. The van der Waals surface area contributed by atoms with E-state index in [9.17, 15) is 64.8 Å². The van der Waals surface area contributed by atoms with Crippen molar-refractivity contribution in [1.29, 1.82) is 0 Å². The molecule has 33 nitrogen and oxygen atoms in total. The number of likely N-dealkylation sites (N-methyl/N-ethyl adjacent to an activating group) is 1. The van der Waals surface area contributed by atoms with Crippen LogP contribution in [0.5, 0.6) is 34.5 Å². The molecule has 5 aliphatic carbocycles. The third-order valence-electron chi connectivity index (χ3n) is 23.3. The van der Waals surface area contributed by atoms with E-state index in [4.69, 9.17) is 73.6 Å². The number of benzene rings is 4. The van der Waals surface area contributed by atoms with E-state index in [0.717, 1.165) is 43.5 Å². The van der Waals surface area contributed by atoms with Crippen LogP contribution >= 0.6 is 23.2 Å². The fourth-order valence-electron chi connectivity index (χ4n) is 17.7. The molecule has 2 saturated heterocycles. The SMILES string of the molecule is CNC(CC(C)C)C(=O)NC1C(=O)NC(CC(N)=O)C(=O)NC2C(=O)NC(C(N)=O)c3ccc(O)c(c3)C3=C(OC)CC(O)C=C3C(C(=O)NC3C4CC5CC6CC3C564)NC(=O)CC(O)c3ccc(c(Cl)c3)Oc3cc2cc(c3OC2OC(CO)C(O)C(O)C2OC2CC(C)(N)C(O)C(C)O2)Oc2ccc(cc2Cl)C1O. The Bertz CT molecular complexity index is 4410. The number of aromatic hydroxyl groups is 1. The van der Waals surface area contributed by atoms with E-state index in [0.29, 0.717) is 11.8 Å². The monoisotopic (exact) mass is 1580 g/mol. The standard InChI is InChI=1S/C76H92Cl2N10O23/c1-28(2)13-43(82-5)69(100)88-61-62(95)32-9-12-48(42(78)16-32)108-51-18-33-17-50(65(51)111-74-66(64(97)63(96)52(27-89)109-74)110-55-26-75(4,81)67(98)29(3)106-55)107-47-11-8-30(15-41(47)77)46(92)25-54(94)84-59(72(103)87-60-39-20-34-19-35-21-40(60)76(34,35)39)38-22-36(90)23-49(105-6)56(38)37-14-31(7-10-45(37)91)57(68(80)99)85-71(102)58(33)86-70(101)44(24-53(79)93)83-73(61)104/h7-12,14-18,22,28-29,34-36,39-40,43-44,46,52,55,57-64,66-67,74,82,89-92,95-98H,13,19-21,23-27,81H2,1-6H3,(H2,79,93)(H2,80,99)(H,83,104)(H,84,94)(H,85,102)(H,86,101)(H,87,103)(H,88,100). The molecule has 15 rings (SSSR count). The number of hydrogen-bond acceptors (Lipinski definition) is 25. The molecule has 0 radical (unpaired) electrons. The summed E-state index contributed by atoms with van der Waals surface area (Å²) >= 11 is 14.3. The summed E-state index contributed by atoms with van der Waals surface area (Å²) in [5.74, 6) is -10.5. The largest absolute Gasteiger partial charge is 0.507 e. The fourth-order valence-corrected chi connectivity index (χ4v) is 18.2. The van der Waals surface area contributed by atoms with Crippen molar-refractivity contribution < 1.29 is 112 Å². The van der Waals surface area contributed by atoms with Crippen LogP contribution in [0, 0.1) is 35.0 Å². The van der Waals surface area contributed by atoms with E-state index in [2.05, 4.69) is 37.2 Å². The molecule has 4 aromatic carbocycles. The molecule has 8 amide bonds. The number of carbonyl (C=O) groups excluding carboxylic acids is 8. The molecule has 111 heavy (non-hydrogen) atoms. The van der Waals surface area contributed by atoms with Gasteiger partial charge in [0.25, 0.3) is 0 Å². The van der Waals surface area contributed by atoms with Gasteiger partial charge in [0.1, 0.15) is 77.6 Å². The highest BCUT2D eigenvalue weighted by Gasteiger charge is 2.84. The molecular weight excluding hydrogens is 1490 g/mol. The minimum Gasteiger partial charge on any atom is -0.507 e. The number of fused-ring (bicyclic) bond motifs is 16. The Kier molecular flexibility index (Phi) is 22.9. The first-order chi connectivity index (χ1) is 52.6. The Labute approximate surface area is 646 Å². The number of carbonyl (C=O) groups is 8. The summed E-state index contributed by atoms with van der Waals surface area (Å²) in [6.45, 7) is 5.75. The fraction of sp³-hybridized carbons (Fsp3) is 0.526. The van der Waals surface area contributed by atoms with Crippen LogP contribution in [0.1, 0.15) is 131 Å². The van der Waals surface area contributed by atoms with Crippen LogP contribution in [0.15, 0.2) is 84.1 Å². The Morgan fingerprint density at radius 1 is 0.748 bits per heavy atom. The zero-order chi connectivity index (χ0) is 79.9.